The van der Waals surface area contributed by atoms with Crippen LogP contribution in [0.5, 0.6) is 0 Å². The summed E-state index contributed by atoms with van der Waals surface area (Å²) in [4.78, 5) is 41.0. The first kappa shape index (κ1) is 26.5. The maximum Gasteiger partial charge on any atom is 0.337 e. The first-order valence-corrected chi connectivity index (χ1v) is 12.2. The fourth-order valence-electron chi connectivity index (χ4n) is 3.04. The number of esters is 1. The molecule has 2 aromatic carbocycles. The molecule has 0 aliphatic rings. The molecular weight excluding hydrogens is 513 g/mol. The van der Waals surface area contributed by atoms with Crippen molar-refractivity contribution in [3.8, 4) is 0 Å². The van der Waals surface area contributed by atoms with Crippen molar-refractivity contribution >= 4 is 58.4 Å². The number of carbonyl (C=O) groups is 3. The van der Waals surface area contributed by atoms with Crippen LogP contribution >= 0.6 is 35.0 Å². The van der Waals surface area contributed by atoms with Crippen molar-refractivity contribution in [3.05, 3.63) is 69.5 Å². The van der Waals surface area contributed by atoms with Crippen LogP contribution in [-0.2, 0) is 9.53 Å². The van der Waals surface area contributed by atoms with Gasteiger partial charge in [-0.15, -0.1) is 5.10 Å². The minimum absolute atomic E-state index is 0.00733. The third kappa shape index (κ3) is 7.20. The van der Waals surface area contributed by atoms with Crippen molar-refractivity contribution in [1.29, 1.82) is 0 Å². The highest BCUT2D eigenvalue weighted by atomic mass is 35.5. The molecule has 1 aromatic heterocycles. The number of hydrogen-bond donors (Lipinski definition) is 3. The number of aromatic nitrogens is 3. The second-order valence-corrected chi connectivity index (χ2v) is 9.51. The molecule has 0 aliphatic carbocycles. The van der Waals surface area contributed by atoms with E-state index in [0.29, 0.717) is 32.8 Å². The zero-order valence-corrected chi connectivity index (χ0v) is 21.4. The SMILES string of the molecule is COC(=O)c1ccc(NC(=O)CSc2n[nH]c([C@H](NC(=O)c3ccc(Cl)cc3Cl)C(C)C)n2)cc1. The molecule has 3 rings (SSSR count). The van der Waals surface area contributed by atoms with Crippen LogP contribution in [0, 0.1) is 5.92 Å². The third-order valence-electron chi connectivity index (χ3n) is 4.83. The highest BCUT2D eigenvalue weighted by Gasteiger charge is 2.24. The van der Waals surface area contributed by atoms with E-state index in [1.807, 2.05) is 13.8 Å². The van der Waals surface area contributed by atoms with Gasteiger partial charge in [0.25, 0.3) is 5.91 Å². The molecule has 0 bridgehead atoms. The van der Waals surface area contributed by atoms with Gasteiger partial charge in [-0.3, -0.25) is 14.7 Å². The Hall–Kier alpha value is -3.08. The topological polar surface area (TPSA) is 126 Å². The van der Waals surface area contributed by atoms with Crippen molar-refractivity contribution in [2.75, 3.05) is 18.2 Å². The number of aromatic amines is 1. The average Bonchev–Trinajstić information content (AvgIpc) is 3.29. The smallest absolute Gasteiger partial charge is 0.337 e. The van der Waals surface area contributed by atoms with E-state index < -0.39 is 12.0 Å². The minimum Gasteiger partial charge on any atom is -0.465 e. The van der Waals surface area contributed by atoms with Crippen LogP contribution in [0.15, 0.2) is 47.6 Å². The molecule has 0 radical (unpaired) electrons. The van der Waals surface area contributed by atoms with Gasteiger partial charge in [-0.1, -0.05) is 48.8 Å². The number of anilines is 1. The predicted octanol–water partition coefficient (Wildman–Crippen LogP) is 4.76. The van der Waals surface area contributed by atoms with Crippen molar-refractivity contribution in [2.24, 2.45) is 5.92 Å². The Bertz CT molecular complexity index is 1220. The Kier molecular flexibility index (Phi) is 9.13. The van der Waals surface area contributed by atoms with Crippen molar-refractivity contribution < 1.29 is 19.1 Å². The molecule has 0 unspecified atom stereocenters. The summed E-state index contributed by atoms with van der Waals surface area (Å²) in [5.41, 5.74) is 1.23. The van der Waals surface area contributed by atoms with Gasteiger partial charge in [-0.25, -0.2) is 9.78 Å². The summed E-state index contributed by atoms with van der Waals surface area (Å²) in [6.45, 7) is 3.87. The summed E-state index contributed by atoms with van der Waals surface area (Å²) >= 11 is 13.2. The van der Waals surface area contributed by atoms with Crippen LogP contribution in [0.25, 0.3) is 0 Å². The van der Waals surface area contributed by atoms with Crippen LogP contribution in [0.1, 0.15) is 46.4 Å². The maximum atomic E-state index is 12.8. The minimum atomic E-state index is -0.460. The van der Waals surface area contributed by atoms with Gasteiger partial charge in [0.05, 0.1) is 35.1 Å². The average molecular weight is 536 g/mol. The molecule has 2 amide bonds. The molecule has 0 saturated heterocycles. The largest absolute Gasteiger partial charge is 0.465 e. The van der Waals surface area contributed by atoms with Gasteiger partial charge in [0.15, 0.2) is 0 Å². The number of nitrogens with one attached hydrogen (secondary N) is 3. The molecule has 0 aliphatic heterocycles. The van der Waals surface area contributed by atoms with Gasteiger partial charge >= 0.3 is 5.97 Å². The molecule has 1 atom stereocenters. The molecule has 3 aromatic rings. The number of ether oxygens (including phenoxy) is 1. The van der Waals surface area contributed by atoms with E-state index in [9.17, 15) is 14.4 Å². The van der Waals surface area contributed by atoms with Crippen LogP contribution in [0.3, 0.4) is 0 Å². The molecular formula is C23H23Cl2N5O4S. The van der Waals surface area contributed by atoms with E-state index in [4.69, 9.17) is 23.2 Å². The highest BCUT2D eigenvalue weighted by Crippen LogP contribution is 2.25. The lowest BCUT2D eigenvalue weighted by molar-refractivity contribution is -0.113. The quantitative estimate of drug-likeness (QED) is 0.266. The van der Waals surface area contributed by atoms with Gasteiger partial charge in [0, 0.05) is 10.7 Å². The number of rotatable bonds is 9. The molecule has 0 spiro atoms. The van der Waals surface area contributed by atoms with E-state index in [0.717, 1.165) is 11.8 Å². The maximum absolute atomic E-state index is 12.8. The Morgan fingerprint density at radius 2 is 1.83 bits per heavy atom. The van der Waals surface area contributed by atoms with Crippen LogP contribution < -0.4 is 10.6 Å². The van der Waals surface area contributed by atoms with Crippen molar-refractivity contribution in [2.45, 2.75) is 25.0 Å². The molecule has 3 N–H and O–H groups in total. The molecule has 0 saturated carbocycles. The Morgan fingerprint density at radius 3 is 2.46 bits per heavy atom. The Morgan fingerprint density at radius 1 is 1.11 bits per heavy atom. The van der Waals surface area contributed by atoms with Crippen LogP contribution in [0.2, 0.25) is 10.0 Å². The van der Waals surface area contributed by atoms with E-state index in [1.165, 1.54) is 13.2 Å². The number of benzene rings is 2. The number of halogens is 2. The lowest BCUT2D eigenvalue weighted by atomic mass is 10.0. The second kappa shape index (κ2) is 12.1. The van der Waals surface area contributed by atoms with E-state index >= 15 is 0 Å². The summed E-state index contributed by atoms with van der Waals surface area (Å²) in [5, 5.41) is 13.7. The van der Waals surface area contributed by atoms with Crippen LogP contribution in [-0.4, -0.2) is 45.8 Å². The molecule has 9 nitrogen and oxygen atoms in total. The van der Waals surface area contributed by atoms with Gasteiger partial charge in [0.2, 0.25) is 11.1 Å². The molecule has 184 valence electrons. The lowest BCUT2D eigenvalue weighted by Crippen LogP contribution is -2.32. The molecule has 0 fully saturated rings. The first-order valence-electron chi connectivity index (χ1n) is 10.5. The summed E-state index contributed by atoms with van der Waals surface area (Å²) in [6.07, 6.45) is 0. The number of nitrogens with zero attached hydrogens (tertiary/aromatic N) is 2. The normalized spacial score (nSPS) is 11.7. The van der Waals surface area contributed by atoms with E-state index in [1.54, 1.807) is 36.4 Å². The number of amides is 2. The monoisotopic (exact) mass is 535 g/mol. The fourth-order valence-corrected chi connectivity index (χ4v) is 4.14. The number of thioether (sulfide) groups is 1. The number of carbonyl (C=O) groups excluding carboxylic acids is 3. The van der Waals surface area contributed by atoms with E-state index in [2.05, 4.69) is 30.6 Å². The van der Waals surface area contributed by atoms with Gasteiger partial charge in [0.1, 0.15) is 5.82 Å². The zero-order valence-electron chi connectivity index (χ0n) is 19.1. The first-order chi connectivity index (χ1) is 16.7. The fraction of sp³-hybridized carbons (Fsp3) is 0.261. The predicted molar refractivity (Wildman–Crippen MR) is 135 cm³/mol. The molecule has 35 heavy (non-hydrogen) atoms. The second-order valence-electron chi connectivity index (χ2n) is 7.73. The Balaban J connectivity index is 1.58. The number of H-pyrrole nitrogens is 1. The standard InChI is InChI=1S/C23H23Cl2N5O4S/c1-12(2)19(27-21(32)16-9-6-14(24)10-17(16)25)20-28-23(30-29-20)35-11-18(31)26-15-7-4-13(5-8-15)22(33)34-3/h4-10,12,19H,11H2,1-3H3,(H,26,31)(H,27,32)(H,28,29,30)/t19-/m1/s1. The highest BCUT2D eigenvalue weighted by molar-refractivity contribution is 7.99. The van der Waals surface area contributed by atoms with Gasteiger partial charge in [-0.2, -0.15) is 0 Å². The summed E-state index contributed by atoms with van der Waals surface area (Å²) in [6, 6.07) is 10.5. The van der Waals surface area contributed by atoms with Crippen molar-refractivity contribution in [1.82, 2.24) is 20.5 Å². The summed E-state index contributed by atoms with van der Waals surface area (Å²) < 4.78 is 4.65. The van der Waals surface area contributed by atoms with Crippen LogP contribution in [0.4, 0.5) is 5.69 Å². The summed E-state index contributed by atoms with van der Waals surface area (Å²) in [5.74, 6) is -0.570. The molecule has 12 heteroatoms. The lowest BCUT2D eigenvalue weighted by Gasteiger charge is -2.20. The Labute approximate surface area is 216 Å². The number of hydrogen-bond acceptors (Lipinski definition) is 7. The number of methoxy groups -OCH3 is 1. The zero-order chi connectivity index (χ0) is 25.5. The summed E-state index contributed by atoms with van der Waals surface area (Å²) in [7, 11) is 1.30. The van der Waals surface area contributed by atoms with Crippen molar-refractivity contribution in [3.63, 3.8) is 0 Å². The van der Waals surface area contributed by atoms with E-state index in [-0.39, 0.29) is 28.5 Å². The van der Waals surface area contributed by atoms with Gasteiger partial charge < -0.3 is 15.4 Å². The molecule has 1 heterocycles. The third-order valence-corrected chi connectivity index (χ3v) is 6.22. The van der Waals surface area contributed by atoms with Gasteiger partial charge in [-0.05, 0) is 48.4 Å².